The molecule has 1 unspecified atom stereocenters. The fraction of sp³-hybridized carbons (Fsp3) is 0.533. The molecule has 0 saturated carbocycles. The molecule has 3 N–H and O–H groups in total. The van der Waals surface area contributed by atoms with E-state index in [1.54, 1.807) is 19.2 Å². The SMILES string of the molecule is COCC(C)NC(N)=NCC(C)(C)c1ccccc1F. The summed E-state index contributed by atoms with van der Waals surface area (Å²) in [6.45, 7) is 6.80. The third kappa shape index (κ3) is 4.81. The first kappa shape index (κ1) is 16.4. The lowest BCUT2D eigenvalue weighted by Gasteiger charge is -2.24. The van der Waals surface area contributed by atoms with Gasteiger partial charge in [0.15, 0.2) is 5.96 Å². The van der Waals surface area contributed by atoms with Crippen molar-refractivity contribution in [3.63, 3.8) is 0 Å². The quantitative estimate of drug-likeness (QED) is 0.619. The van der Waals surface area contributed by atoms with Crippen LogP contribution in [0.4, 0.5) is 4.39 Å². The van der Waals surface area contributed by atoms with Crippen molar-refractivity contribution in [3.05, 3.63) is 35.6 Å². The predicted octanol–water partition coefficient (Wildman–Crippen LogP) is 2.04. The lowest BCUT2D eigenvalue weighted by molar-refractivity contribution is 0.179. The number of nitrogens with zero attached hydrogens (tertiary/aromatic N) is 1. The van der Waals surface area contributed by atoms with E-state index in [9.17, 15) is 4.39 Å². The van der Waals surface area contributed by atoms with Gasteiger partial charge in [0.25, 0.3) is 0 Å². The van der Waals surface area contributed by atoms with Gasteiger partial charge in [-0.05, 0) is 18.6 Å². The van der Waals surface area contributed by atoms with Crippen molar-refractivity contribution >= 4 is 5.96 Å². The summed E-state index contributed by atoms with van der Waals surface area (Å²) in [6.07, 6.45) is 0. The molecule has 1 aromatic rings. The van der Waals surface area contributed by atoms with Crippen LogP contribution in [0.25, 0.3) is 0 Å². The third-order valence-electron chi connectivity index (χ3n) is 3.06. The number of methoxy groups -OCH3 is 1. The number of rotatable bonds is 6. The van der Waals surface area contributed by atoms with Crippen molar-refractivity contribution in [2.45, 2.75) is 32.2 Å². The monoisotopic (exact) mass is 281 g/mol. The first-order valence-electron chi connectivity index (χ1n) is 6.67. The fourth-order valence-electron chi connectivity index (χ4n) is 1.97. The molecule has 0 heterocycles. The highest BCUT2D eigenvalue weighted by Gasteiger charge is 2.23. The standard InChI is InChI=1S/C15H24FN3O/c1-11(9-20-4)19-14(17)18-10-15(2,3)12-7-5-6-8-13(12)16/h5-8,11H,9-10H2,1-4H3,(H3,17,18,19). The van der Waals surface area contributed by atoms with E-state index < -0.39 is 5.41 Å². The van der Waals surface area contributed by atoms with Gasteiger partial charge in [0, 0.05) is 18.6 Å². The number of ether oxygens (including phenoxy) is 1. The minimum atomic E-state index is -0.415. The lowest BCUT2D eigenvalue weighted by Crippen LogP contribution is -2.41. The Morgan fingerprint density at radius 1 is 1.45 bits per heavy atom. The van der Waals surface area contributed by atoms with E-state index in [0.717, 1.165) is 0 Å². The molecule has 0 radical (unpaired) electrons. The summed E-state index contributed by atoms with van der Waals surface area (Å²) in [4.78, 5) is 4.30. The number of nitrogens with one attached hydrogen (secondary N) is 1. The summed E-state index contributed by atoms with van der Waals surface area (Å²) in [5.41, 5.74) is 6.04. The number of nitrogens with two attached hydrogens (primary N) is 1. The molecule has 1 rings (SSSR count). The molecular weight excluding hydrogens is 257 g/mol. The van der Waals surface area contributed by atoms with Crippen LogP contribution in [-0.2, 0) is 10.2 Å². The van der Waals surface area contributed by atoms with Crippen molar-refractivity contribution < 1.29 is 9.13 Å². The maximum absolute atomic E-state index is 13.8. The summed E-state index contributed by atoms with van der Waals surface area (Å²) >= 11 is 0. The van der Waals surface area contributed by atoms with Crippen molar-refractivity contribution in [2.75, 3.05) is 20.3 Å². The molecule has 0 aliphatic rings. The third-order valence-corrected chi connectivity index (χ3v) is 3.06. The molecule has 0 bridgehead atoms. The van der Waals surface area contributed by atoms with Crippen LogP contribution in [0.1, 0.15) is 26.3 Å². The minimum absolute atomic E-state index is 0.0836. The molecule has 20 heavy (non-hydrogen) atoms. The summed E-state index contributed by atoms with van der Waals surface area (Å²) in [6, 6.07) is 6.83. The normalized spacial score (nSPS) is 14.2. The van der Waals surface area contributed by atoms with Crippen LogP contribution in [0, 0.1) is 5.82 Å². The maximum atomic E-state index is 13.8. The van der Waals surface area contributed by atoms with E-state index in [0.29, 0.717) is 24.7 Å². The van der Waals surface area contributed by atoms with Gasteiger partial charge < -0.3 is 15.8 Å². The van der Waals surface area contributed by atoms with Crippen molar-refractivity contribution in [2.24, 2.45) is 10.7 Å². The predicted molar refractivity (Wildman–Crippen MR) is 80.4 cm³/mol. The second-order valence-corrected chi connectivity index (χ2v) is 5.57. The Kier molecular flexibility index (Phi) is 5.95. The second-order valence-electron chi connectivity index (χ2n) is 5.57. The van der Waals surface area contributed by atoms with E-state index in [2.05, 4.69) is 10.3 Å². The molecule has 1 atom stereocenters. The first-order valence-corrected chi connectivity index (χ1v) is 6.67. The van der Waals surface area contributed by atoms with E-state index in [-0.39, 0.29) is 11.9 Å². The molecular formula is C15H24FN3O. The van der Waals surface area contributed by atoms with Gasteiger partial charge in [-0.25, -0.2) is 4.39 Å². The zero-order valence-corrected chi connectivity index (χ0v) is 12.6. The number of hydrogen-bond acceptors (Lipinski definition) is 2. The molecule has 1 aromatic carbocycles. The molecule has 0 aromatic heterocycles. The van der Waals surface area contributed by atoms with E-state index in [1.807, 2.05) is 26.8 Å². The Balaban J connectivity index is 2.69. The van der Waals surface area contributed by atoms with Crippen LogP contribution in [0.2, 0.25) is 0 Å². The Hall–Kier alpha value is -1.62. The Bertz CT molecular complexity index is 460. The lowest BCUT2D eigenvalue weighted by atomic mass is 9.84. The number of guanidine groups is 1. The van der Waals surface area contributed by atoms with Crippen molar-refractivity contribution in [3.8, 4) is 0 Å². The van der Waals surface area contributed by atoms with Crippen LogP contribution in [0.3, 0.4) is 0 Å². The summed E-state index contributed by atoms with van der Waals surface area (Å²) < 4.78 is 18.8. The van der Waals surface area contributed by atoms with Crippen LogP contribution in [0.5, 0.6) is 0 Å². The average Bonchev–Trinajstić information content (AvgIpc) is 2.37. The van der Waals surface area contributed by atoms with Crippen LogP contribution in [0.15, 0.2) is 29.3 Å². The zero-order chi connectivity index (χ0) is 15.2. The van der Waals surface area contributed by atoms with Gasteiger partial charge in [-0.3, -0.25) is 4.99 Å². The van der Waals surface area contributed by atoms with Gasteiger partial charge >= 0.3 is 0 Å². The zero-order valence-electron chi connectivity index (χ0n) is 12.6. The molecule has 5 heteroatoms. The topological polar surface area (TPSA) is 59.6 Å². The van der Waals surface area contributed by atoms with Gasteiger partial charge in [0.1, 0.15) is 5.82 Å². The molecule has 0 spiro atoms. The van der Waals surface area contributed by atoms with Gasteiger partial charge in [0.2, 0.25) is 0 Å². The van der Waals surface area contributed by atoms with Crippen molar-refractivity contribution in [1.29, 1.82) is 0 Å². The largest absolute Gasteiger partial charge is 0.383 e. The highest BCUT2D eigenvalue weighted by molar-refractivity contribution is 5.78. The maximum Gasteiger partial charge on any atom is 0.188 e. The summed E-state index contributed by atoms with van der Waals surface area (Å²) in [7, 11) is 1.63. The molecule has 112 valence electrons. The van der Waals surface area contributed by atoms with Crippen molar-refractivity contribution in [1.82, 2.24) is 5.32 Å². The average molecular weight is 281 g/mol. The highest BCUT2D eigenvalue weighted by atomic mass is 19.1. The highest BCUT2D eigenvalue weighted by Crippen LogP contribution is 2.25. The second kappa shape index (κ2) is 7.24. The van der Waals surface area contributed by atoms with Crippen LogP contribution >= 0.6 is 0 Å². The van der Waals surface area contributed by atoms with Gasteiger partial charge in [-0.2, -0.15) is 0 Å². The van der Waals surface area contributed by atoms with E-state index in [4.69, 9.17) is 10.5 Å². The number of aliphatic imine (C=N–C) groups is 1. The fourth-order valence-corrected chi connectivity index (χ4v) is 1.97. The van der Waals surface area contributed by atoms with Gasteiger partial charge in [-0.1, -0.05) is 32.0 Å². The minimum Gasteiger partial charge on any atom is -0.383 e. The Morgan fingerprint density at radius 3 is 2.70 bits per heavy atom. The number of halogens is 1. The van der Waals surface area contributed by atoms with Gasteiger partial charge in [0.05, 0.1) is 13.2 Å². The molecule has 0 aliphatic carbocycles. The Labute approximate surface area is 120 Å². The summed E-state index contributed by atoms with van der Waals surface area (Å²) in [5, 5.41) is 3.03. The summed E-state index contributed by atoms with van der Waals surface area (Å²) in [5.74, 6) is 0.131. The van der Waals surface area contributed by atoms with Crippen LogP contribution in [-0.4, -0.2) is 32.3 Å². The van der Waals surface area contributed by atoms with Gasteiger partial charge in [-0.15, -0.1) is 0 Å². The molecule has 0 amide bonds. The molecule has 4 nitrogen and oxygen atoms in total. The number of benzene rings is 1. The molecule has 0 fully saturated rings. The molecule has 0 saturated heterocycles. The molecule has 0 aliphatic heterocycles. The van der Waals surface area contributed by atoms with E-state index in [1.165, 1.54) is 6.07 Å². The van der Waals surface area contributed by atoms with E-state index >= 15 is 0 Å². The first-order chi connectivity index (χ1) is 9.36. The van der Waals surface area contributed by atoms with Crippen LogP contribution < -0.4 is 11.1 Å². The Morgan fingerprint density at radius 2 is 2.10 bits per heavy atom. The number of hydrogen-bond donors (Lipinski definition) is 2. The smallest absolute Gasteiger partial charge is 0.188 e.